The number of hydrogen-bond donors (Lipinski definition) is 1. The first-order valence-corrected chi connectivity index (χ1v) is 9.13. The van der Waals surface area contributed by atoms with Gasteiger partial charge in [-0.1, -0.05) is 48.0 Å². The number of carbonyl (C=O) groups excluding carboxylic acids is 1. The van der Waals surface area contributed by atoms with Crippen molar-refractivity contribution in [1.82, 2.24) is 14.9 Å². The summed E-state index contributed by atoms with van der Waals surface area (Å²) in [4.78, 5) is 23.0. The van der Waals surface area contributed by atoms with E-state index in [1.807, 2.05) is 62.4 Å². The van der Waals surface area contributed by atoms with Crippen molar-refractivity contribution in [2.75, 3.05) is 11.9 Å². The number of hydrogen-bond acceptors (Lipinski definition) is 4. The maximum absolute atomic E-state index is 12.7. The average Bonchev–Trinajstić information content (AvgIpc) is 2.70. The molecule has 0 atom stereocenters. The smallest absolute Gasteiger partial charge is 0.257 e. The number of aromatic nitrogens is 2. The van der Waals surface area contributed by atoms with Crippen LogP contribution in [0.2, 0.25) is 5.02 Å². The van der Waals surface area contributed by atoms with Gasteiger partial charge in [0, 0.05) is 36.2 Å². The number of amides is 1. The lowest BCUT2D eigenvalue weighted by Crippen LogP contribution is -2.30. The minimum Gasteiger partial charge on any atom is -0.335 e. The quantitative estimate of drug-likeness (QED) is 0.664. The molecular formula is C21H21ClN4O. The Labute approximate surface area is 164 Å². The van der Waals surface area contributed by atoms with E-state index in [1.54, 1.807) is 17.3 Å². The van der Waals surface area contributed by atoms with Crippen molar-refractivity contribution in [3.63, 3.8) is 0 Å². The Morgan fingerprint density at radius 3 is 2.44 bits per heavy atom. The summed E-state index contributed by atoms with van der Waals surface area (Å²) in [6.07, 6.45) is 3.09. The predicted octanol–water partition coefficient (Wildman–Crippen LogP) is 4.84. The first-order chi connectivity index (χ1) is 13.1. The maximum Gasteiger partial charge on any atom is 0.257 e. The standard InChI is InChI=1S/C21H21ClN4O/c1-3-26(14-16-7-5-4-6-8-16)20(27)17-12-23-21(24-13-17)25-18-10-9-15(2)19(22)11-18/h4-13H,3,14H2,1-2H3,(H,23,24,25). The topological polar surface area (TPSA) is 58.1 Å². The summed E-state index contributed by atoms with van der Waals surface area (Å²) >= 11 is 6.13. The fourth-order valence-corrected chi connectivity index (χ4v) is 2.80. The van der Waals surface area contributed by atoms with Crippen LogP contribution in [0.15, 0.2) is 60.9 Å². The number of carbonyl (C=O) groups is 1. The van der Waals surface area contributed by atoms with Crippen LogP contribution in [-0.4, -0.2) is 27.3 Å². The maximum atomic E-state index is 12.7. The van der Waals surface area contributed by atoms with Crippen molar-refractivity contribution in [3.05, 3.63) is 82.6 Å². The van der Waals surface area contributed by atoms with Gasteiger partial charge < -0.3 is 10.2 Å². The van der Waals surface area contributed by atoms with Gasteiger partial charge in [0.05, 0.1) is 5.56 Å². The number of halogens is 1. The molecule has 0 aliphatic heterocycles. The van der Waals surface area contributed by atoms with Gasteiger partial charge in [0.2, 0.25) is 5.95 Å². The molecular weight excluding hydrogens is 360 g/mol. The van der Waals surface area contributed by atoms with Gasteiger partial charge in [-0.3, -0.25) is 4.79 Å². The molecule has 0 saturated heterocycles. The van der Waals surface area contributed by atoms with Gasteiger partial charge >= 0.3 is 0 Å². The van der Waals surface area contributed by atoms with Crippen LogP contribution in [0.3, 0.4) is 0 Å². The van der Waals surface area contributed by atoms with E-state index in [2.05, 4.69) is 15.3 Å². The molecule has 1 heterocycles. The molecule has 138 valence electrons. The van der Waals surface area contributed by atoms with Gasteiger partial charge in [-0.15, -0.1) is 0 Å². The van der Waals surface area contributed by atoms with E-state index < -0.39 is 0 Å². The van der Waals surface area contributed by atoms with Gasteiger partial charge in [0.25, 0.3) is 5.91 Å². The number of nitrogens with zero attached hydrogens (tertiary/aromatic N) is 3. The Bertz CT molecular complexity index is 913. The van der Waals surface area contributed by atoms with E-state index in [0.29, 0.717) is 29.6 Å². The highest BCUT2D eigenvalue weighted by atomic mass is 35.5. The minimum atomic E-state index is -0.0914. The molecule has 0 fully saturated rings. The molecule has 0 bridgehead atoms. The molecule has 0 aliphatic rings. The summed E-state index contributed by atoms with van der Waals surface area (Å²) in [5, 5.41) is 3.76. The number of anilines is 2. The third kappa shape index (κ3) is 4.83. The van der Waals surface area contributed by atoms with Crippen molar-refractivity contribution >= 4 is 29.1 Å². The van der Waals surface area contributed by atoms with Crippen molar-refractivity contribution in [2.45, 2.75) is 20.4 Å². The first-order valence-electron chi connectivity index (χ1n) is 8.75. The van der Waals surface area contributed by atoms with E-state index >= 15 is 0 Å². The number of aryl methyl sites for hydroxylation is 1. The fourth-order valence-electron chi connectivity index (χ4n) is 2.62. The molecule has 6 heteroatoms. The molecule has 0 aliphatic carbocycles. The van der Waals surface area contributed by atoms with Crippen molar-refractivity contribution in [3.8, 4) is 0 Å². The zero-order valence-corrected chi connectivity index (χ0v) is 16.1. The van der Waals surface area contributed by atoms with Crippen molar-refractivity contribution < 1.29 is 4.79 Å². The van der Waals surface area contributed by atoms with Crippen LogP contribution in [0.4, 0.5) is 11.6 Å². The average molecular weight is 381 g/mol. The van der Waals surface area contributed by atoms with Crippen LogP contribution in [0.25, 0.3) is 0 Å². The van der Waals surface area contributed by atoms with Gasteiger partial charge in [0.1, 0.15) is 0 Å². The van der Waals surface area contributed by atoms with Gasteiger partial charge in [-0.25, -0.2) is 9.97 Å². The number of rotatable bonds is 6. The van der Waals surface area contributed by atoms with E-state index in [0.717, 1.165) is 16.8 Å². The summed E-state index contributed by atoms with van der Waals surface area (Å²) in [5.41, 5.74) is 3.34. The molecule has 0 saturated carbocycles. The largest absolute Gasteiger partial charge is 0.335 e. The van der Waals surface area contributed by atoms with Crippen LogP contribution in [0, 0.1) is 6.92 Å². The lowest BCUT2D eigenvalue weighted by atomic mass is 10.2. The highest BCUT2D eigenvalue weighted by molar-refractivity contribution is 6.31. The lowest BCUT2D eigenvalue weighted by Gasteiger charge is -2.20. The van der Waals surface area contributed by atoms with Crippen LogP contribution >= 0.6 is 11.6 Å². The zero-order valence-electron chi connectivity index (χ0n) is 15.3. The molecule has 0 unspecified atom stereocenters. The Balaban J connectivity index is 1.69. The molecule has 1 amide bonds. The molecule has 1 aromatic heterocycles. The Morgan fingerprint density at radius 2 is 1.81 bits per heavy atom. The number of nitrogens with one attached hydrogen (secondary N) is 1. The summed E-state index contributed by atoms with van der Waals surface area (Å²) in [6.45, 7) is 5.06. The van der Waals surface area contributed by atoms with Gasteiger partial charge in [-0.05, 0) is 37.1 Å². The van der Waals surface area contributed by atoms with Crippen LogP contribution in [0.1, 0.15) is 28.4 Å². The second-order valence-corrected chi connectivity index (χ2v) is 6.60. The van der Waals surface area contributed by atoms with E-state index in [1.165, 1.54) is 0 Å². The first kappa shape index (κ1) is 18.9. The second-order valence-electron chi connectivity index (χ2n) is 6.19. The molecule has 27 heavy (non-hydrogen) atoms. The minimum absolute atomic E-state index is 0.0914. The summed E-state index contributed by atoms with van der Waals surface area (Å²) < 4.78 is 0. The zero-order chi connectivity index (χ0) is 19.2. The Kier molecular flexibility index (Phi) is 6.04. The van der Waals surface area contributed by atoms with Crippen molar-refractivity contribution in [2.24, 2.45) is 0 Å². The third-order valence-electron chi connectivity index (χ3n) is 4.21. The van der Waals surface area contributed by atoms with E-state index in [9.17, 15) is 4.79 Å². The molecule has 0 spiro atoms. The lowest BCUT2D eigenvalue weighted by molar-refractivity contribution is 0.0752. The molecule has 3 aromatic rings. The second kappa shape index (κ2) is 8.64. The molecule has 0 radical (unpaired) electrons. The van der Waals surface area contributed by atoms with Gasteiger partial charge in [-0.2, -0.15) is 0 Å². The molecule has 5 nitrogen and oxygen atoms in total. The van der Waals surface area contributed by atoms with E-state index in [4.69, 9.17) is 11.6 Å². The Hall–Kier alpha value is -2.92. The Morgan fingerprint density at radius 1 is 1.11 bits per heavy atom. The summed E-state index contributed by atoms with van der Waals surface area (Å²) in [5.74, 6) is 0.323. The fraction of sp³-hybridized carbons (Fsp3) is 0.190. The van der Waals surface area contributed by atoms with Crippen molar-refractivity contribution in [1.29, 1.82) is 0 Å². The third-order valence-corrected chi connectivity index (χ3v) is 4.62. The van der Waals surface area contributed by atoms with Crippen LogP contribution < -0.4 is 5.32 Å². The van der Waals surface area contributed by atoms with Crippen LogP contribution in [-0.2, 0) is 6.54 Å². The predicted molar refractivity (Wildman–Crippen MR) is 108 cm³/mol. The highest BCUT2D eigenvalue weighted by Crippen LogP contribution is 2.21. The highest BCUT2D eigenvalue weighted by Gasteiger charge is 2.15. The van der Waals surface area contributed by atoms with E-state index in [-0.39, 0.29) is 5.91 Å². The molecule has 3 rings (SSSR count). The van der Waals surface area contributed by atoms with Gasteiger partial charge in [0.15, 0.2) is 0 Å². The summed E-state index contributed by atoms with van der Waals surface area (Å²) in [7, 11) is 0. The summed E-state index contributed by atoms with van der Waals surface area (Å²) in [6, 6.07) is 15.6. The number of benzene rings is 2. The SMILES string of the molecule is CCN(Cc1ccccc1)C(=O)c1cnc(Nc2ccc(C)c(Cl)c2)nc1. The molecule has 2 aromatic carbocycles. The normalized spacial score (nSPS) is 10.5. The van der Waals surface area contributed by atoms with Crippen LogP contribution in [0.5, 0.6) is 0 Å². The molecule has 1 N–H and O–H groups in total. The monoisotopic (exact) mass is 380 g/mol.